The van der Waals surface area contributed by atoms with Crippen LogP contribution < -0.4 is 4.31 Å². The Morgan fingerprint density at radius 2 is 1.81 bits per heavy atom. The highest BCUT2D eigenvalue weighted by atomic mass is 32.2. The van der Waals surface area contributed by atoms with Gasteiger partial charge in [0.25, 0.3) is 0 Å². The second-order valence-electron chi connectivity index (χ2n) is 7.16. The lowest BCUT2D eigenvalue weighted by Crippen LogP contribution is -2.32. The summed E-state index contributed by atoms with van der Waals surface area (Å²) in [5.74, 6) is -1.81. The number of carbonyl (C=O) groups is 1. The van der Waals surface area contributed by atoms with E-state index in [-0.39, 0.29) is 43.4 Å². The van der Waals surface area contributed by atoms with Gasteiger partial charge >= 0.3 is 0 Å². The van der Waals surface area contributed by atoms with E-state index in [4.69, 9.17) is 4.52 Å². The van der Waals surface area contributed by atoms with E-state index >= 15 is 0 Å². The molecule has 0 aliphatic rings. The smallest absolute Gasteiger partial charge is 0.246 e. The Kier molecular flexibility index (Phi) is 7.18. The van der Waals surface area contributed by atoms with E-state index in [0.717, 1.165) is 28.3 Å². The molecule has 0 bridgehead atoms. The zero-order valence-electron chi connectivity index (χ0n) is 17.5. The number of sulfonamides is 1. The van der Waals surface area contributed by atoms with Crippen molar-refractivity contribution in [2.45, 2.75) is 19.4 Å². The Morgan fingerprint density at radius 3 is 2.47 bits per heavy atom. The van der Waals surface area contributed by atoms with Gasteiger partial charge in [0.15, 0.2) is 11.6 Å². The van der Waals surface area contributed by atoms with Crippen molar-refractivity contribution in [3.05, 3.63) is 66.1 Å². The summed E-state index contributed by atoms with van der Waals surface area (Å²) >= 11 is 0. The molecule has 0 spiro atoms. The lowest BCUT2D eigenvalue weighted by molar-refractivity contribution is -0.130. The van der Waals surface area contributed by atoms with Crippen molar-refractivity contribution in [1.82, 2.24) is 15.0 Å². The van der Waals surface area contributed by atoms with E-state index in [1.54, 1.807) is 7.05 Å². The van der Waals surface area contributed by atoms with Gasteiger partial charge in [0.05, 0.1) is 18.5 Å². The van der Waals surface area contributed by atoms with Gasteiger partial charge in [0.1, 0.15) is 0 Å². The zero-order chi connectivity index (χ0) is 23.3. The van der Waals surface area contributed by atoms with Crippen LogP contribution in [0.5, 0.6) is 0 Å². The fraction of sp³-hybridized carbons (Fsp3) is 0.286. The van der Waals surface area contributed by atoms with Crippen LogP contribution >= 0.6 is 0 Å². The van der Waals surface area contributed by atoms with E-state index < -0.39 is 21.7 Å². The fourth-order valence-corrected chi connectivity index (χ4v) is 3.96. The van der Waals surface area contributed by atoms with Crippen LogP contribution in [0.3, 0.4) is 0 Å². The molecule has 0 N–H and O–H groups in total. The summed E-state index contributed by atoms with van der Waals surface area (Å²) < 4.78 is 57.0. The van der Waals surface area contributed by atoms with Crippen LogP contribution in [0.1, 0.15) is 18.7 Å². The SMILES string of the molecule is CN(Cc1nc(-c2ccccc2)no1)C(=O)CCCN(c1ccc(F)c(F)c1)S(C)(=O)=O. The number of hydrogen-bond acceptors (Lipinski definition) is 6. The van der Waals surface area contributed by atoms with Gasteiger partial charge in [-0.05, 0) is 18.6 Å². The lowest BCUT2D eigenvalue weighted by Gasteiger charge is -2.23. The number of anilines is 1. The maximum absolute atomic E-state index is 13.5. The third kappa shape index (κ3) is 5.88. The number of hydrogen-bond donors (Lipinski definition) is 0. The molecule has 2 aromatic carbocycles. The van der Waals surface area contributed by atoms with Crippen LogP contribution in [0.2, 0.25) is 0 Å². The molecule has 3 rings (SSSR count). The fourth-order valence-electron chi connectivity index (χ4n) is 3.01. The zero-order valence-corrected chi connectivity index (χ0v) is 18.3. The number of aromatic nitrogens is 2. The summed E-state index contributed by atoms with van der Waals surface area (Å²) in [6.45, 7) is 0.0276. The molecule has 3 aromatic rings. The molecule has 1 heterocycles. The van der Waals surface area contributed by atoms with E-state index in [9.17, 15) is 22.0 Å². The van der Waals surface area contributed by atoms with Crippen molar-refractivity contribution >= 4 is 21.6 Å². The van der Waals surface area contributed by atoms with Crippen LogP contribution in [0.4, 0.5) is 14.5 Å². The van der Waals surface area contributed by atoms with Crippen molar-refractivity contribution in [3.8, 4) is 11.4 Å². The molecule has 11 heteroatoms. The molecule has 1 amide bonds. The minimum atomic E-state index is -3.75. The van der Waals surface area contributed by atoms with Crippen molar-refractivity contribution in [2.24, 2.45) is 0 Å². The Labute approximate surface area is 184 Å². The summed E-state index contributed by atoms with van der Waals surface area (Å²) in [4.78, 5) is 18.1. The first kappa shape index (κ1) is 23.3. The van der Waals surface area contributed by atoms with Crippen LogP contribution in [0.15, 0.2) is 53.1 Å². The number of rotatable bonds is 9. The second-order valence-corrected chi connectivity index (χ2v) is 9.07. The third-order valence-electron chi connectivity index (χ3n) is 4.64. The average molecular weight is 464 g/mol. The highest BCUT2D eigenvalue weighted by Gasteiger charge is 2.20. The lowest BCUT2D eigenvalue weighted by atomic mass is 10.2. The summed E-state index contributed by atoms with van der Waals surface area (Å²) in [6.07, 6.45) is 1.17. The minimum Gasteiger partial charge on any atom is -0.337 e. The molecular formula is C21H22F2N4O4S. The Balaban J connectivity index is 1.57. The largest absolute Gasteiger partial charge is 0.337 e. The summed E-state index contributed by atoms with van der Waals surface area (Å²) in [7, 11) is -2.18. The molecule has 1 aromatic heterocycles. The van der Waals surface area contributed by atoms with Crippen LogP contribution in [-0.2, 0) is 21.4 Å². The predicted octanol–water partition coefficient (Wildman–Crippen LogP) is 3.22. The summed E-state index contributed by atoms with van der Waals surface area (Å²) in [6, 6.07) is 12.1. The number of amides is 1. The first-order valence-corrected chi connectivity index (χ1v) is 11.5. The van der Waals surface area contributed by atoms with E-state index in [0.29, 0.717) is 5.82 Å². The third-order valence-corrected chi connectivity index (χ3v) is 5.84. The highest BCUT2D eigenvalue weighted by Crippen LogP contribution is 2.21. The molecule has 32 heavy (non-hydrogen) atoms. The maximum Gasteiger partial charge on any atom is 0.246 e. The maximum atomic E-state index is 13.5. The molecule has 0 atom stereocenters. The molecular weight excluding hydrogens is 442 g/mol. The topological polar surface area (TPSA) is 96.6 Å². The van der Waals surface area contributed by atoms with Crippen molar-refractivity contribution in [2.75, 3.05) is 24.2 Å². The second kappa shape index (κ2) is 9.86. The Hall–Kier alpha value is -3.34. The van der Waals surface area contributed by atoms with Gasteiger partial charge in [-0.15, -0.1) is 0 Å². The number of carbonyl (C=O) groups excluding carboxylic acids is 1. The van der Waals surface area contributed by atoms with Crippen molar-refractivity contribution < 1.29 is 26.5 Å². The summed E-state index contributed by atoms with van der Waals surface area (Å²) in [5, 5.41) is 3.90. The van der Waals surface area contributed by atoms with Crippen molar-refractivity contribution in [3.63, 3.8) is 0 Å². The molecule has 0 saturated heterocycles. The molecule has 170 valence electrons. The first-order chi connectivity index (χ1) is 15.1. The first-order valence-electron chi connectivity index (χ1n) is 9.70. The molecule has 0 unspecified atom stereocenters. The highest BCUT2D eigenvalue weighted by molar-refractivity contribution is 7.92. The predicted molar refractivity (Wildman–Crippen MR) is 114 cm³/mol. The van der Waals surface area contributed by atoms with Crippen LogP contribution in [0.25, 0.3) is 11.4 Å². The van der Waals surface area contributed by atoms with Gasteiger partial charge in [-0.2, -0.15) is 4.98 Å². The molecule has 8 nitrogen and oxygen atoms in total. The quantitative estimate of drug-likeness (QED) is 0.482. The Morgan fingerprint density at radius 1 is 1.09 bits per heavy atom. The molecule has 0 radical (unpaired) electrons. The van der Waals surface area contributed by atoms with Crippen LogP contribution in [0, 0.1) is 11.6 Å². The number of nitrogens with zero attached hydrogens (tertiary/aromatic N) is 4. The standard InChI is InChI=1S/C21H22F2N4O4S/c1-26(14-19-24-21(25-31-19)15-7-4-3-5-8-15)20(28)9-6-12-27(32(2,29)30)16-10-11-17(22)18(23)13-16/h3-5,7-8,10-11,13H,6,9,12,14H2,1-2H3. The van der Waals surface area contributed by atoms with Gasteiger partial charge in [0, 0.05) is 31.6 Å². The van der Waals surface area contributed by atoms with Gasteiger partial charge in [0.2, 0.25) is 27.6 Å². The van der Waals surface area contributed by atoms with Gasteiger partial charge < -0.3 is 9.42 Å². The van der Waals surface area contributed by atoms with Crippen LogP contribution in [-0.4, -0.2) is 49.2 Å². The minimum absolute atomic E-state index is 0.00787. The average Bonchev–Trinajstić information content (AvgIpc) is 3.21. The van der Waals surface area contributed by atoms with E-state index in [2.05, 4.69) is 10.1 Å². The molecule has 0 saturated carbocycles. The molecule has 0 aliphatic heterocycles. The monoisotopic (exact) mass is 464 g/mol. The molecule has 0 fully saturated rings. The van der Waals surface area contributed by atoms with E-state index in [1.165, 1.54) is 11.0 Å². The normalized spacial score (nSPS) is 11.4. The summed E-state index contributed by atoms with van der Waals surface area (Å²) in [5.41, 5.74) is 0.779. The number of benzene rings is 2. The van der Waals surface area contributed by atoms with Gasteiger partial charge in [-0.3, -0.25) is 9.10 Å². The Bertz CT molecular complexity index is 1190. The van der Waals surface area contributed by atoms with Crippen molar-refractivity contribution in [1.29, 1.82) is 0 Å². The van der Waals surface area contributed by atoms with Gasteiger partial charge in [-0.1, -0.05) is 35.5 Å². The van der Waals surface area contributed by atoms with Gasteiger partial charge in [-0.25, -0.2) is 17.2 Å². The van der Waals surface area contributed by atoms with E-state index in [1.807, 2.05) is 30.3 Å². The molecule has 0 aliphatic carbocycles. The number of halogens is 2.